The van der Waals surface area contributed by atoms with Gasteiger partial charge in [-0.2, -0.15) is 0 Å². The van der Waals surface area contributed by atoms with Crippen LogP contribution in [-0.2, 0) is 4.79 Å². The quantitative estimate of drug-likeness (QED) is 0.538. The molecule has 0 spiro atoms. The second kappa shape index (κ2) is 6.27. The van der Waals surface area contributed by atoms with E-state index in [1.165, 1.54) is 0 Å². The first-order valence-electron chi connectivity index (χ1n) is 5.50. The van der Waals surface area contributed by atoms with Crippen LogP contribution in [0.4, 0.5) is 4.79 Å². The maximum Gasteiger partial charge on any atom is 0.317 e. The highest BCUT2D eigenvalue weighted by Gasteiger charge is 2.19. The summed E-state index contributed by atoms with van der Waals surface area (Å²) in [7, 11) is 0. The van der Waals surface area contributed by atoms with Crippen molar-refractivity contribution in [3.63, 3.8) is 0 Å². The third kappa shape index (κ3) is 3.77. The van der Waals surface area contributed by atoms with Crippen molar-refractivity contribution in [2.45, 2.75) is 19.8 Å². The molecule has 15 heavy (non-hydrogen) atoms. The average molecular weight is 213 g/mol. The molecule has 3 amide bonds. The predicted octanol–water partition coefficient (Wildman–Crippen LogP) is 0.270. The van der Waals surface area contributed by atoms with Crippen molar-refractivity contribution in [3.05, 3.63) is 0 Å². The summed E-state index contributed by atoms with van der Waals surface area (Å²) in [5, 5.41) is 2.87. The standard InChI is InChI=1S/C10H19N3O2/c1-2-3-4-11-10(15)13-7-5-12(9-14)6-8-13/h9H,2-8H2,1H3,(H,11,15). The first kappa shape index (κ1) is 11.8. The second-order valence-corrected chi connectivity index (χ2v) is 3.71. The van der Waals surface area contributed by atoms with Crippen LogP contribution in [0.3, 0.4) is 0 Å². The first-order chi connectivity index (χ1) is 7.27. The van der Waals surface area contributed by atoms with E-state index in [1.54, 1.807) is 9.80 Å². The van der Waals surface area contributed by atoms with E-state index in [-0.39, 0.29) is 6.03 Å². The van der Waals surface area contributed by atoms with Crippen LogP contribution in [0.2, 0.25) is 0 Å². The predicted molar refractivity (Wildman–Crippen MR) is 57.5 cm³/mol. The van der Waals surface area contributed by atoms with Gasteiger partial charge in [-0.05, 0) is 6.42 Å². The Hall–Kier alpha value is -1.26. The van der Waals surface area contributed by atoms with Gasteiger partial charge < -0.3 is 15.1 Å². The molecule has 1 heterocycles. The van der Waals surface area contributed by atoms with E-state index < -0.39 is 0 Å². The number of nitrogens with one attached hydrogen (secondary N) is 1. The van der Waals surface area contributed by atoms with Crippen LogP contribution in [0.1, 0.15) is 19.8 Å². The summed E-state index contributed by atoms with van der Waals surface area (Å²) in [4.78, 5) is 25.5. The Kier molecular flexibility index (Phi) is 4.93. The summed E-state index contributed by atoms with van der Waals surface area (Å²) < 4.78 is 0. The van der Waals surface area contributed by atoms with Crippen LogP contribution in [0.5, 0.6) is 0 Å². The molecular formula is C10H19N3O2. The fourth-order valence-electron chi connectivity index (χ4n) is 1.51. The van der Waals surface area contributed by atoms with Gasteiger partial charge in [0.1, 0.15) is 0 Å². The molecule has 1 N–H and O–H groups in total. The van der Waals surface area contributed by atoms with Gasteiger partial charge in [0, 0.05) is 32.7 Å². The summed E-state index contributed by atoms with van der Waals surface area (Å²) in [6.45, 7) is 5.39. The summed E-state index contributed by atoms with van der Waals surface area (Å²) in [6.07, 6.45) is 2.94. The number of nitrogens with zero attached hydrogens (tertiary/aromatic N) is 2. The van der Waals surface area contributed by atoms with Crippen LogP contribution in [0.25, 0.3) is 0 Å². The lowest BCUT2D eigenvalue weighted by Crippen LogP contribution is -2.51. The highest BCUT2D eigenvalue weighted by atomic mass is 16.2. The van der Waals surface area contributed by atoms with Gasteiger partial charge in [-0.15, -0.1) is 0 Å². The molecule has 0 atom stereocenters. The number of carbonyl (C=O) groups is 2. The number of carbonyl (C=O) groups excluding carboxylic acids is 2. The van der Waals surface area contributed by atoms with Crippen molar-refractivity contribution in [1.82, 2.24) is 15.1 Å². The Morgan fingerprint density at radius 1 is 1.33 bits per heavy atom. The normalized spacial score (nSPS) is 16.3. The maximum atomic E-state index is 11.6. The number of piperazine rings is 1. The number of amides is 3. The van der Waals surface area contributed by atoms with Gasteiger partial charge in [-0.3, -0.25) is 4.79 Å². The number of urea groups is 1. The molecule has 0 bridgehead atoms. The molecule has 1 aliphatic heterocycles. The third-order valence-corrected chi connectivity index (χ3v) is 2.56. The van der Waals surface area contributed by atoms with Gasteiger partial charge >= 0.3 is 6.03 Å². The van der Waals surface area contributed by atoms with Crippen LogP contribution in [-0.4, -0.2) is 55.0 Å². The second-order valence-electron chi connectivity index (χ2n) is 3.71. The molecule has 0 radical (unpaired) electrons. The third-order valence-electron chi connectivity index (χ3n) is 2.56. The molecule has 0 aromatic carbocycles. The minimum atomic E-state index is -0.00556. The zero-order valence-electron chi connectivity index (χ0n) is 9.24. The SMILES string of the molecule is CCCCNC(=O)N1CCN(C=O)CC1. The monoisotopic (exact) mass is 213 g/mol. The molecule has 0 unspecified atom stereocenters. The summed E-state index contributed by atoms with van der Waals surface area (Å²) in [5.74, 6) is 0. The van der Waals surface area contributed by atoms with Gasteiger partial charge in [0.15, 0.2) is 0 Å². The molecular weight excluding hydrogens is 194 g/mol. The Morgan fingerprint density at radius 3 is 2.53 bits per heavy atom. The first-order valence-corrected chi connectivity index (χ1v) is 5.50. The van der Waals surface area contributed by atoms with Crippen molar-refractivity contribution >= 4 is 12.4 Å². The van der Waals surface area contributed by atoms with Crippen molar-refractivity contribution in [2.24, 2.45) is 0 Å². The van der Waals surface area contributed by atoms with Crippen LogP contribution in [0, 0.1) is 0 Å². The molecule has 5 nitrogen and oxygen atoms in total. The molecule has 0 saturated carbocycles. The van der Waals surface area contributed by atoms with Crippen molar-refractivity contribution in [2.75, 3.05) is 32.7 Å². The van der Waals surface area contributed by atoms with Crippen molar-refractivity contribution < 1.29 is 9.59 Å². The molecule has 1 fully saturated rings. The zero-order valence-corrected chi connectivity index (χ0v) is 9.24. The molecule has 86 valence electrons. The highest BCUT2D eigenvalue weighted by Crippen LogP contribution is 1.99. The van der Waals surface area contributed by atoms with Gasteiger partial charge in [-0.25, -0.2) is 4.79 Å². The van der Waals surface area contributed by atoms with Crippen molar-refractivity contribution in [3.8, 4) is 0 Å². The fourth-order valence-corrected chi connectivity index (χ4v) is 1.51. The smallest absolute Gasteiger partial charge is 0.317 e. The van der Waals surface area contributed by atoms with E-state index >= 15 is 0 Å². The van der Waals surface area contributed by atoms with E-state index in [9.17, 15) is 9.59 Å². The topological polar surface area (TPSA) is 52.7 Å². The fraction of sp³-hybridized carbons (Fsp3) is 0.800. The van der Waals surface area contributed by atoms with Crippen molar-refractivity contribution in [1.29, 1.82) is 0 Å². The number of unbranched alkanes of at least 4 members (excludes halogenated alkanes) is 1. The molecule has 1 rings (SSSR count). The summed E-state index contributed by atoms with van der Waals surface area (Å²) in [6, 6.07) is -0.00556. The number of hydrogen-bond donors (Lipinski definition) is 1. The summed E-state index contributed by atoms with van der Waals surface area (Å²) in [5.41, 5.74) is 0. The Morgan fingerprint density at radius 2 is 2.00 bits per heavy atom. The van der Waals surface area contributed by atoms with Gasteiger partial charge in [0.25, 0.3) is 0 Å². The van der Waals surface area contributed by atoms with Crippen LogP contribution < -0.4 is 5.32 Å². The zero-order chi connectivity index (χ0) is 11.1. The highest BCUT2D eigenvalue weighted by molar-refractivity contribution is 5.74. The van der Waals surface area contributed by atoms with Crippen LogP contribution in [0.15, 0.2) is 0 Å². The van der Waals surface area contributed by atoms with Gasteiger partial charge in [0.2, 0.25) is 6.41 Å². The van der Waals surface area contributed by atoms with E-state index in [1.807, 2.05) is 0 Å². The lowest BCUT2D eigenvalue weighted by atomic mass is 10.3. The lowest BCUT2D eigenvalue weighted by molar-refractivity contribution is -0.119. The lowest BCUT2D eigenvalue weighted by Gasteiger charge is -2.32. The molecule has 1 aliphatic rings. The summed E-state index contributed by atoms with van der Waals surface area (Å²) >= 11 is 0. The minimum absolute atomic E-state index is 0.00556. The van der Waals surface area contributed by atoms with E-state index in [0.717, 1.165) is 25.8 Å². The Bertz CT molecular complexity index is 213. The van der Waals surface area contributed by atoms with E-state index in [2.05, 4.69) is 12.2 Å². The average Bonchev–Trinajstić information content (AvgIpc) is 2.29. The Labute approximate surface area is 90.4 Å². The number of rotatable bonds is 4. The largest absolute Gasteiger partial charge is 0.342 e. The van der Waals surface area contributed by atoms with E-state index in [0.29, 0.717) is 26.2 Å². The minimum Gasteiger partial charge on any atom is -0.342 e. The molecule has 0 aromatic rings. The van der Waals surface area contributed by atoms with E-state index in [4.69, 9.17) is 0 Å². The maximum absolute atomic E-state index is 11.6. The van der Waals surface area contributed by atoms with Crippen LogP contribution >= 0.6 is 0 Å². The Balaban J connectivity index is 2.21. The molecule has 0 aliphatic carbocycles. The molecule has 0 aromatic heterocycles. The van der Waals surface area contributed by atoms with Gasteiger partial charge in [-0.1, -0.05) is 13.3 Å². The molecule has 1 saturated heterocycles. The van der Waals surface area contributed by atoms with Gasteiger partial charge in [0.05, 0.1) is 0 Å². The number of hydrogen-bond acceptors (Lipinski definition) is 2. The molecule has 5 heteroatoms.